The van der Waals surface area contributed by atoms with E-state index in [-0.39, 0.29) is 11.8 Å². The van der Waals surface area contributed by atoms with Gasteiger partial charge in [0.1, 0.15) is 0 Å². The Morgan fingerprint density at radius 2 is 1.33 bits per heavy atom. The van der Waals surface area contributed by atoms with Gasteiger partial charge < -0.3 is 9.47 Å². The number of benzene rings is 3. The third-order valence-electron chi connectivity index (χ3n) is 6.95. The first-order valence-electron chi connectivity index (χ1n) is 13.2. The highest BCUT2D eigenvalue weighted by Gasteiger charge is 2.31. The van der Waals surface area contributed by atoms with Crippen molar-refractivity contribution in [2.24, 2.45) is 0 Å². The summed E-state index contributed by atoms with van der Waals surface area (Å²) in [5.74, 6) is 0.435. The van der Waals surface area contributed by atoms with Gasteiger partial charge in [-0.2, -0.15) is 0 Å². The Balaban J connectivity index is 1.89. The summed E-state index contributed by atoms with van der Waals surface area (Å²) in [6, 6.07) is 20.2. The van der Waals surface area contributed by atoms with Crippen LogP contribution in [0.15, 0.2) is 66.7 Å². The van der Waals surface area contributed by atoms with Crippen molar-refractivity contribution in [3.05, 3.63) is 94.5 Å². The van der Waals surface area contributed by atoms with Gasteiger partial charge in [-0.25, -0.2) is 9.59 Å². The monoisotopic (exact) mass is 484 g/mol. The molecule has 4 rings (SSSR count). The van der Waals surface area contributed by atoms with Gasteiger partial charge in [0, 0.05) is 5.56 Å². The Labute approximate surface area is 214 Å². The highest BCUT2D eigenvalue weighted by molar-refractivity contribution is 5.94. The maximum absolute atomic E-state index is 13.3. The Morgan fingerprint density at radius 1 is 0.806 bits per heavy atom. The fourth-order valence-corrected chi connectivity index (χ4v) is 5.14. The molecule has 36 heavy (non-hydrogen) atoms. The first kappa shape index (κ1) is 25.7. The normalized spacial score (nSPS) is 14.0. The minimum atomic E-state index is -0.447. The number of carbonyl (C=O) groups is 2. The molecule has 0 N–H and O–H groups in total. The van der Waals surface area contributed by atoms with Crippen LogP contribution in [-0.4, -0.2) is 11.9 Å². The summed E-state index contributed by atoms with van der Waals surface area (Å²) in [7, 11) is 0. The van der Waals surface area contributed by atoms with Gasteiger partial charge in [-0.15, -0.1) is 0 Å². The van der Waals surface area contributed by atoms with Crippen molar-refractivity contribution < 1.29 is 19.1 Å². The van der Waals surface area contributed by atoms with E-state index in [0.29, 0.717) is 22.6 Å². The SMILES string of the molecule is CCCc1cc(C(C)C)c(C2CCCCC2)c(OC(=O)c2ccccc2)c1OC(=O)c1ccccc1. The van der Waals surface area contributed by atoms with Gasteiger partial charge >= 0.3 is 11.9 Å². The van der Waals surface area contributed by atoms with Gasteiger partial charge in [-0.1, -0.05) is 88.9 Å². The molecule has 0 atom stereocenters. The quantitative estimate of drug-likeness (QED) is 0.239. The second-order valence-corrected chi connectivity index (χ2v) is 9.95. The number of rotatable bonds is 8. The van der Waals surface area contributed by atoms with E-state index in [1.165, 1.54) is 12.0 Å². The topological polar surface area (TPSA) is 52.6 Å². The molecule has 0 heterocycles. The Kier molecular flexibility index (Phi) is 8.58. The lowest BCUT2D eigenvalue weighted by Crippen LogP contribution is -2.19. The average Bonchev–Trinajstić information content (AvgIpc) is 2.91. The van der Waals surface area contributed by atoms with Crippen LogP contribution in [0.5, 0.6) is 11.5 Å². The van der Waals surface area contributed by atoms with Gasteiger partial charge in [-0.05, 0) is 66.5 Å². The summed E-state index contributed by atoms with van der Waals surface area (Å²) in [5.41, 5.74) is 4.05. The highest BCUT2D eigenvalue weighted by Crippen LogP contribution is 2.48. The number of esters is 2. The van der Waals surface area contributed by atoms with E-state index in [1.807, 2.05) is 36.4 Å². The molecule has 0 unspecified atom stereocenters. The zero-order chi connectivity index (χ0) is 25.5. The molecule has 0 radical (unpaired) electrons. The maximum Gasteiger partial charge on any atom is 0.343 e. The van der Waals surface area contributed by atoms with Crippen LogP contribution in [0.4, 0.5) is 0 Å². The molecule has 0 aromatic heterocycles. The minimum absolute atomic E-state index is 0.241. The Bertz CT molecular complexity index is 1180. The predicted octanol–water partition coefficient (Wildman–Crippen LogP) is 8.25. The van der Waals surface area contributed by atoms with Gasteiger partial charge in [0.25, 0.3) is 0 Å². The van der Waals surface area contributed by atoms with E-state index in [4.69, 9.17) is 9.47 Å². The molecule has 0 saturated heterocycles. The number of hydrogen-bond donors (Lipinski definition) is 0. The van der Waals surface area contributed by atoms with E-state index >= 15 is 0 Å². The van der Waals surface area contributed by atoms with E-state index in [9.17, 15) is 9.59 Å². The number of aryl methyl sites for hydroxylation is 1. The molecule has 1 aliphatic carbocycles. The third kappa shape index (κ3) is 5.87. The van der Waals surface area contributed by atoms with Crippen molar-refractivity contribution in [3.8, 4) is 11.5 Å². The average molecular weight is 485 g/mol. The van der Waals surface area contributed by atoms with Crippen molar-refractivity contribution in [1.82, 2.24) is 0 Å². The zero-order valence-corrected chi connectivity index (χ0v) is 21.6. The van der Waals surface area contributed by atoms with Crippen LogP contribution in [0.3, 0.4) is 0 Å². The molecular formula is C32H36O4. The van der Waals surface area contributed by atoms with Crippen LogP contribution in [0.25, 0.3) is 0 Å². The lowest BCUT2D eigenvalue weighted by atomic mass is 9.78. The Morgan fingerprint density at radius 3 is 1.83 bits per heavy atom. The smallest absolute Gasteiger partial charge is 0.343 e. The van der Waals surface area contributed by atoms with Gasteiger partial charge in [0.05, 0.1) is 11.1 Å². The molecular weight excluding hydrogens is 448 g/mol. The summed E-state index contributed by atoms with van der Waals surface area (Å²) < 4.78 is 12.3. The van der Waals surface area contributed by atoms with Gasteiger partial charge in [0.2, 0.25) is 0 Å². The van der Waals surface area contributed by atoms with Crippen LogP contribution >= 0.6 is 0 Å². The minimum Gasteiger partial charge on any atom is -0.419 e. The summed E-state index contributed by atoms with van der Waals surface area (Å²) in [6.07, 6.45) is 7.18. The molecule has 4 heteroatoms. The molecule has 0 spiro atoms. The van der Waals surface area contributed by atoms with E-state index in [1.54, 1.807) is 24.3 Å². The molecule has 1 fully saturated rings. The fourth-order valence-electron chi connectivity index (χ4n) is 5.14. The molecule has 1 aliphatic rings. The van der Waals surface area contributed by atoms with Crippen molar-refractivity contribution in [2.75, 3.05) is 0 Å². The first-order chi connectivity index (χ1) is 17.5. The van der Waals surface area contributed by atoms with E-state index in [2.05, 4.69) is 26.8 Å². The second kappa shape index (κ2) is 12.0. The fraction of sp³-hybridized carbons (Fsp3) is 0.375. The van der Waals surface area contributed by atoms with Crippen molar-refractivity contribution >= 4 is 11.9 Å². The number of hydrogen-bond acceptors (Lipinski definition) is 4. The largest absolute Gasteiger partial charge is 0.419 e. The van der Waals surface area contributed by atoms with Crippen LogP contribution in [0.1, 0.15) is 109 Å². The highest BCUT2D eigenvalue weighted by atomic mass is 16.6. The summed E-state index contributed by atoms with van der Waals surface area (Å²) in [5, 5.41) is 0. The lowest BCUT2D eigenvalue weighted by Gasteiger charge is -2.30. The summed E-state index contributed by atoms with van der Waals surface area (Å²) in [6.45, 7) is 6.45. The zero-order valence-electron chi connectivity index (χ0n) is 21.6. The van der Waals surface area contributed by atoms with Crippen molar-refractivity contribution in [3.63, 3.8) is 0 Å². The summed E-state index contributed by atoms with van der Waals surface area (Å²) >= 11 is 0. The maximum atomic E-state index is 13.3. The number of ether oxygens (including phenoxy) is 2. The second-order valence-electron chi connectivity index (χ2n) is 9.95. The van der Waals surface area contributed by atoms with Crippen molar-refractivity contribution in [1.29, 1.82) is 0 Å². The molecule has 4 nitrogen and oxygen atoms in total. The molecule has 0 aliphatic heterocycles. The molecule has 0 amide bonds. The van der Waals surface area contributed by atoms with E-state index < -0.39 is 11.9 Å². The predicted molar refractivity (Wildman–Crippen MR) is 143 cm³/mol. The molecule has 1 saturated carbocycles. The Hall–Kier alpha value is -3.40. The van der Waals surface area contributed by atoms with Crippen LogP contribution in [-0.2, 0) is 6.42 Å². The number of carbonyl (C=O) groups excluding carboxylic acids is 2. The third-order valence-corrected chi connectivity index (χ3v) is 6.95. The molecule has 3 aromatic carbocycles. The standard InChI is InChI=1S/C32H36O4/c1-4-14-26-21-27(22(2)3)28(23-15-8-5-9-16-23)30(36-32(34)25-19-12-7-13-20-25)29(26)35-31(33)24-17-10-6-11-18-24/h6-7,10-13,17-23H,4-5,8-9,14-16H2,1-3H3. The van der Waals surface area contributed by atoms with Gasteiger partial charge in [-0.3, -0.25) is 0 Å². The van der Waals surface area contributed by atoms with E-state index in [0.717, 1.165) is 49.7 Å². The molecule has 188 valence electrons. The molecule has 3 aromatic rings. The van der Waals surface area contributed by atoms with Crippen molar-refractivity contribution in [2.45, 2.75) is 77.6 Å². The first-order valence-corrected chi connectivity index (χ1v) is 13.2. The van der Waals surface area contributed by atoms with Crippen LogP contribution in [0, 0.1) is 0 Å². The molecule has 0 bridgehead atoms. The van der Waals surface area contributed by atoms with Crippen LogP contribution < -0.4 is 9.47 Å². The lowest BCUT2D eigenvalue weighted by molar-refractivity contribution is 0.0678. The van der Waals surface area contributed by atoms with Crippen LogP contribution in [0.2, 0.25) is 0 Å². The summed E-state index contributed by atoms with van der Waals surface area (Å²) in [4.78, 5) is 26.6. The van der Waals surface area contributed by atoms with Gasteiger partial charge in [0.15, 0.2) is 11.5 Å².